The first kappa shape index (κ1) is 22.8. The number of ether oxygens (including phenoxy) is 3. The lowest BCUT2D eigenvalue weighted by atomic mass is 10.0. The lowest BCUT2D eigenvalue weighted by Gasteiger charge is -2.18. The number of nitrogens with one attached hydrogen (secondary N) is 1. The number of Topliss-reactive ketones (excluding diaryl/α,β-unsaturated/α-hetero) is 1. The first-order valence-electron chi connectivity index (χ1n) is 9.70. The highest BCUT2D eigenvalue weighted by Crippen LogP contribution is 2.32. The summed E-state index contributed by atoms with van der Waals surface area (Å²) in [7, 11) is -3.97. The van der Waals surface area contributed by atoms with Crippen LogP contribution < -0.4 is 14.2 Å². The third-order valence-corrected chi connectivity index (χ3v) is 7.11. The molecule has 0 saturated carbocycles. The van der Waals surface area contributed by atoms with E-state index in [0.29, 0.717) is 28.2 Å². The zero-order valence-corrected chi connectivity index (χ0v) is 18.9. The monoisotopic (exact) mass is 447 g/mol. The Hall–Kier alpha value is -2.91. The molecule has 0 aliphatic carbocycles. The van der Waals surface area contributed by atoms with Crippen molar-refractivity contribution >= 4 is 21.8 Å². The van der Waals surface area contributed by atoms with Crippen molar-refractivity contribution in [2.24, 2.45) is 0 Å². The number of hydrogen-bond donors (Lipinski definition) is 1. The van der Waals surface area contributed by atoms with Crippen LogP contribution in [0.4, 0.5) is 0 Å². The molecule has 9 heteroatoms. The summed E-state index contributed by atoms with van der Waals surface area (Å²) in [6, 6.07) is 5.40. The molecule has 0 saturated heterocycles. The minimum atomic E-state index is -3.97. The van der Waals surface area contributed by atoms with Gasteiger partial charge >= 0.3 is 5.97 Å². The topological polar surface area (TPSA) is 108 Å². The Kier molecular flexibility index (Phi) is 6.38. The first-order chi connectivity index (χ1) is 14.5. The minimum Gasteiger partial charge on any atom is -0.456 e. The van der Waals surface area contributed by atoms with Crippen LogP contribution in [0.25, 0.3) is 0 Å². The first-order valence-corrected chi connectivity index (χ1v) is 11.2. The van der Waals surface area contributed by atoms with Crippen molar-refractivity contribution in [3.8, 4) is 11.5 Å². The number of hydrogen-bond acceptors (Lipinski definition) is 7. The summed E-state index contributed by atoms with van der Waals surface area (Å²) in [5.74, 6) is -0.314. The van der Waals surface area contributed by atoms with Crippen LogP contribution in [-0.2, 0) is 19.6 Å². The van der Waals surface area contributed by atoms with Crippen molar-refractivity contribution in [2.45, 2.75) is 45.6 Å². The molecule has 0 fully saturated rings. The molecule has 3 rings (SSSR count). The highest BCUT2D eigenvalue weighted by molar-refractivity contribution is 7.89. The molecule has 1 heterocycles. The van der Waals surface area contributed by atoms with Gasteiger partial charge in [-0.05, 0) is 75.1 Å². The third kappa shape index (κ3) is 4.72. The van der Waals surface area contributed by atoms with Crippen molar-refractivity contribution in [2.75, 3.05) is 13.4 Å². The van der Waals surface area contributed by atoms with Crippen LogP contribution in [0.5, 0.6) is 11.5 Å². The Morgan fingerprint density at radius 1 is 1.03 bits per heavy atom. The van der Waals surface area contributed by atoms with E-state index in [0.717, 1.165) is 11.1 Å². The van der Waals surface area contributed by atoms with Crippen molar-refractivity contribution in [3.05, 3.63) is 52.1 Å². The molecule has 1 aliphatic rings. The fourth-order valence-corrected chi connectivity index (χ4v) is 5.15. The van der Waals surface area contributed by atoms with E-state index < -0.39 is 34.4 Å². The number of fused-ring (bicyclic) bond motifs is 1. The smallest absolute Gasteiger partial charge is 0.324 e. The Balaban J connectivity index is 1.66. The Labute approximate surface area is 181 Å². The van der Waals surface area contributed by atoms with Crippen LogP contribution in [-0.4, -0.2) is 39.6 Å². The van der Waals surface area contributed by atoms with Gasteiger partial charge in [-0.2, -0.15) is 4.72 Å². The summed E-state index contributed by atoms with van der Waals surface area (Å²) in [5.41, 5.74) is 3.22. The molecular weight excluding hydrogens is 422 g/mol. The van der Waals surface area contributed by atoms with Crippen LogP contribution >= 0.6 is 0 Å². The average Bonchev–Trinajstić information content (AvgIpc) is 3.17. The zero-order chi connectivity index (χ0) is 22.9. The van der Waals surface area contributed by atoms with E-state index in [1.807, 2.05) is 19.9 Å². The highest BCUT2D eigenvalue weighted by Gasteiger charge is 2.27. The third-order valence-electron chi connectivity index (χ3n) is 5.29. The Morgan fingerprint density at radius 2 is 1.65 bits per heavy atom. The second kappa shape index (κ2) is 8.68. The quantitative estimate of drug-likeness (QED) is 0.514. The van der Waals surface area contributed by atoms with E-state index in [1.165, 1.54) is 13.0 Å². The van der Waals surface area contributed by atoms with Gasteiger partial charge in [0.25, 0.3) is 0 Å². The van der Waals surface area contributed by atoms with Crippen molar-refractivity contribution < 1.29 is 32.2 Å². The predicted molar refractivity (Wildman–Crippen MR) is 113 cm³/mol. The SMILES string of the molecule is Cc1cc(C)c(C)c(S(=O)(=O)N[C@H](C)C(=O)OCC(=O)c2ccc3c(c2)OCO3)c1C. The number of ketones is 1. The highest BCUT2D eigenvalue weighted by atomic mass is 32.2. The van der Waals surface area contributed by atoms with Gasteiger partial charge in [0.05, 0.1) is 4.90 Å². The normalized spacial score (nSPS) is 13.7. The lowest BCUT2D eigenvalue weighted by molar-refractivity contribution is -0.144. The Bertz CT molecular complexity index is 1130. The molecule has 0 amide bonds. The molecule has 0 spiro atoms. The number of carbonyl (C=O) groups excluding carboxylic acids is 2. The number of rotatable bonds is 7. The van der Waals surface area contributed by atoms with Gasteiger partial charge in [-0.25, -0.2) is 8.42 Å². The number of benzene rings is 2. The predicted octanol–water partition coefficient (Wildman–Crippen LogP) is 2.74. The van der Waals surface area contributed by atoms with Gasteiger partial charge < -0.3 is 14.2 Å². The van der Waals surface area contributed by atoms with Crippen molar-refractivity contribution in [1.29, 1.82) is 0 Å². The fraction of sp³-hybridized carbons (Fsp3) is 0.364. The van der Waals surface area contributed by atoms with Gasteiger partial charge in [0.1, 0.15) is 6.04 Å². The maximum atomic E-state index is 12.9. The summed E-state index contributed by atoms with van der Waals surface area (Å²) < 4.78 is 43.7. The molecular formula is C22H25NO7S. The molecule has 1 aliphatic heterocycles. The average molecular weight is 448 g/mol. The number of aryl methyl sites for hydroxylation is 2. The Morgan fingerprint density at radius 3 is 2.29 bits per heavy atom. The summed E-state index contributed by atoms with van der Waals surface area (Å²) in [4.78, 5) is 24.8. The van der Waals surface area contributed by atoms with Gasteiger partial charge in [-0.3, -0.25) is 9.59 Å². The zero-order valence-electron chi connectivity index (χ0n) is 18.1. The molecule has 31 heavy (non-hydrogen) atoms. The fourth-order valence-electron chi connectivity index (χ4n) is 3.34. The second-order valence-corrected chi connectivity index (χ2v) is 9.18. The van der Waals surface area contributed by atoms with E-state index >= 15 is 0 Å². The molecule has 2 aromatic carbocycles. The second-order valence-electron chi connectivity index (χ2n) is 7.53. The summed E-state index contributed by atoms with van der Waals surface area (Å²) in [6.45, 7) is 8.05. The van der Waals surface area contributed by atoms with Gasteiger partial charge in [0.2, 0.25) is 16.8 Å². The molecule has 8 nitrogen and oxygen atoms in total. The summed E-state index contributed by atoms with van der Waals surface area (Å²) in [6.07, 6.45) is 0. The number of sulfonamides is 1. The maximum absolute atomic E-state index is 12.9. The van der Waals surface area contributed by atoms with Crippen LogP contribution in [0.2, 0.25) is 0 Å². The molecule has 0 bridgehead atoms. The molecule has 1 N–H and O–H groups in total. The van der Waals surface area contributed by atoms with Crippen molar-refractivity contribution in [3.63, 3.8) is 0 Å². The molecule has 0 unspecified atom stereocenters. The molecule has 0 aromatic heterocycles. The largest absolute Gasteiger partial charge is 0.456 e. The van der Waals surface area contributed by atoms with Gasteiger partial charge in [0.15, 0.2) is 23.9 Å². The molecule has 1 atom stereocenters. The van der Waals surface area contributed by atoms with E-state index in [1.54, 1.807) is 26.0 Å². The molecule has 0 radical (unpaired) electrons. The summed E-state index contributed by atoms with van der Waals surface area (Å²) in [5, 5.41) is 0. The lowest BCUT2D eigenvalue weighted by Crippen LogP contribution is -2.40. The van der Waals surface area contributed by atoms with E-state index in [4.69, 9.17) is 14.2 Å². The minimum absolute atomic E-state index is 0.0824. The van der Waals surface area contributed by atoms with Crippen LogP contribution in [0, 0.1) is 27.7 Å². The standard InChI is InChI=1S/C22H25NO7S/c1-12-8-13(2)15(4)21(14(12)3)31(26,27)23-16(5)22(25)28-10-18(24)17-6-7-19-20(9-17)30-11-29-19/h6-9,16,23H,10-11H2,1-5H3/t16-/m1/s1. The number of carbonyl (C=O) groups is 2. The van der Waals surface area contributed by atoms with Gasteiger partial charge in [-0.15, -0.1) is 0 Å². The van der Waals surface area contributed by atoms with Gasteiger partial charge in [-0.1, -0.05) is 6.07 Å². The summed E-state index contributed by atoms with van der Waals surface area (Å²) >= 11 is 0. The maximum Gasteiger partial charge on any atom is 0.324 e. The van der Waals surface area contributed by atoms with Gasteiger partial charge in [0, 0.05) is 5.56 Å². The van der Waals surface area contributed by atoms with E-state index in [9.17, 15) is 18.0 Å². The van der Waals surface area contributed by atoms with Crippen molar-refractivity contribution in [1.82, 2.24) is 4.72 Å². The van der Waals surface area contributed by atoms with Crippen LogP contribution in [0.15, 0.2) is 29.2 Å². The van der Waals surface area contributed by atoms with Crippen LogP contribution in [0.3, 0.4) is 0 Å². The van der Waals surface area contributed by atoms with E-state index in [2.05, 4.69) is 4.72 Å². The molecule has 2 aromatic rings. The van der Waals surface area contributed by atoms with E-state index in [-0.39, 0.29) is 11.7 Å². The number of esters is 1. The van der Waals surface area contributed by atoms with Crippen LogP contribution in [0.1, 0.15) is 39.5 Å². The molecule has 166 valence electrons.